The molecule has 9 nitrogen and oxygen atoms in total. The smallest absolute Gasteiger partial charge is 0.320 e. The minimum atomic E-state index is -3.93. The molecular formula is C17H19N5O4S. The van der Waals surface area contributed by atoms with Crippen LogP contribution in [0.3, 0.4) is 0 Å². The summed E-state index contributed by atoms with van der Waals surface area (Å²) in [6.07, 6.45) is 0. The number of aromatic nitrogens is 3. The molecule has 0 aliphatic heterocycles. The van der Waals surface area contributed by atoms with Crippen molar-refractivity contribution >= 4 is 16.0 Å². The molecule has 0 spiro atoms. The van der Waals surface area contributed by atoms with E-state index in [0.29, 0.717) is 23.5 Å². The van der Waals surface area contributed by atoms with Crippen molar-refractivity contribution in [1.82, 2.24) is 20.7 Å². The molecule has 0 amide bonds. The number of aliphatic carboxylic acids is 1. The van der Waals surface area contributed by atoms with E-state index in [1.807, 2.05) is 24.3 Å². The van der Waals surface area contributed by atoms with Gasteiger partial charge in [-0.05, 0) is 29.7 Å². The summed E-state index contributed by atoms with van der Waals surface area (Å²) >= 11 is 0. The molecule has 1 aromatic heterocycles. The average Bonchev–Trinajstić information content (AvgIpc) is 2.58. The lowest BCUT2D eigenvalue weighted by atomic mass is 9.98. The van der Waals surface area contributed by atoms with Crippen LogP contribution in [0.4, 0.5) is 0 Å². The van der Waals surface area contributed by atoms with Crippen LogP contribution in [0.5, 0.6) is 0 Å². The summed E-state index contributed by atoms with van der Waals surface area (Å²) in [6.45, 7) is 1.97. The third-order valence-corrected chi connectivity index (χ3v) is 5.11. The van der Waals surface area contributed by atoms with E-state index in [0.717, 1.165) is 11.1 Å². The first kappa shape index (κ1) is 18.8. The number of carboxylic acids is 1. The topological polar surface area (TPSA) is 154 Å². The monoisotopic (exact) mass is 389 g/mol. The van der Waals surface area contributed by atoms with Crippen LogP contribution in [0.1, 0.15) is 12.5 Å². The Kier molecular flexibility index (Phi) is 5.13. The molecule has 3 rings (SSSR count). The number of carboxylic acid groups (broad SMARTS) is 1. The Hall–Kier alpha value is -2.95. The molecule has 142 valence electrons. The van der Waals surface area contributed by atoms with Crippen LogP contribution in [0.25, 0.3) is 22.5 Å². The number of H-pyrrole nitrogens is 2. The van der Waals surface area contributed by atoms with E-state index in [1.54, 1.807) is 19.1 Å². The Balaban J connectivity index is 1.95. The first-order chi connectivity index (χ1) is 12.8. The predicted molar refractivity (Wildman–Crippen MR) is 99.1 cm³/mol. The number of benzene rings is 2. The van der Waals surface area contributed by atoms with Gasteiger partial charge < -0.3 is 10.4 Å². The number of aromatic amines is 2. The molecular weight excluding hydrogens is 370 g/mol. The standard InChI is InChI=1S/C17H19N5O4S/c1-10(17(23)24)19-9-11-5-7-12(8-6-11)13-3-2-4-14(27(18,25)26)15(13)16-20-22-21-16/h2-8,10,19,22H,9H2,1H3,(H,20,21)(H,23,24)(H2,18,25,26). The zero-order chi connectivity index (χ0) is 19.6. The molecule has 27 heavy (non-hydrogen) atoms. The van der Waals surface area contributed by atoms with Gasteiger partial charge in [0.15, 0.2) is 5.82 Å². The summed E-state index contributed by atoms with van der Waals surface area (Å²) in [4.78, 5) is 10.8. The van der Waals surface area contributed by atoms with Crippen molar-refractivity contribution in [3.05, 3.63) is 48.0 Å². The van der Waals surface area contributed by atoms with Crippen LogP contribution in [0, 0.1) is 0 Å². The van der Waals surface area contributed by atoms with Crippen molar-refractivity contribution in [2.75, 3.05) is 0 Å². The second-order valence-corrected chi connectivity index (χ2v) is 7.59. The second-order valence-electron chi connectivity index (χ2n) is 6.06. The average molecular weight is 389 g/mol. The van der Waals surface area contributed by atoms with Crippen LogP contribution < -0.4 is 10.5 Å². The summed E-state index contributed by atoms with van der Waals surface area (Å²) in [7, 11) is -3.93. The molecule has 10 heteroatoms. The quantitative estimate of drug-likeness (QED) is 0.410. The molecule has 0 bridgehead atoms. The van der Waals surface area contributed by atoms with Crippen LogP contribution in [0.2, 0.25) is 0 Å². The van der Waals surface area contributed by atoms with Crippen molar-refractivity contribution < 1.29 is 18.3 Å². The Morgan fingerprint density at radius 3 is 2.44 bits per heavy atom. The van der Waals surface area contributed by atoms with Gasteiger partial charge in [0.2, 0.25) is 10.0 Å². The van der Waals surface area contributed by atoms with Gasteiger partial charge in [0.05, 0.1) is 4.90 Å². The van der Waals surface area contributed by atoms with E-state index >= 15 is 0 Å². The van der Waals surface area contributed by atoms with E-state index in [9.17, 15) is 13.2 Å². The molecule has 6 N–H and O–H groups in total. The van der Waals surface area contributed by atoms with E-state index in [4.69, 9.17) is 10.2 Å². The highest BCUT2D eigenvalue weighted by Crippen LogP contribution is 2.35. The lowest BCUT2D eigenvalue weighted by Crippen LogP contribution is -2.33. The first-order valence-corrected chi connectivity index (χ1v) is 9.62. The Morgan fingerprint density at radius 1 is 1.26 bits per heavy atom. The highest BCUT2D eigenvalue weighted by Gasteiger charge is 2.22. The lowest BCUT2D eigenvalue weighted by molar-refractivity contribution is -0.139. The maximum Gasteiger partial charge on any atom is 0.320 e. The third-order valence-electron chi connectivity index (χ3n) is 4.16. The van der Waals surface area contributed by atoms with Crippen molar-refractivity contribution in [2.45, 2.75) is 24.4 Å². The van der Waals surface area contributed by atoms with Crippen LogP contribution in [-0.2, 0) is 21.4 Å². The highest BCUT2D eigenvalue weighted by atomic mass is 32.2. The fraction of sp³-hybridized carbons (Fsp3) is 0.176. The van der Waals surface area contributed by atoms with Crippen LogP contribution in [-0.4, -0.2) is 40.9 Å². The van der Waals surface area contributed by atoms with Gasteiger partial charge in [-0.15, -0.1) is 5.10 Å². The summed E-state index contributed by atoms with van der Waals surface area (Å²) in [6, 6.07) is 11.5. The zero-order valence-corrected chi connectivity index (χ0v) is 15.2. The largest absolute Gasteiger partial charge is 0.480 e. The Labute approximate surface area is 155 Å². The van der Waals surface area contributed by atoms with Crippen molar-refractivity contribution in [3.63, 3.8) is 0 Å². The van der Waals surface area contributed by atoms with Gasteiger partial charge in [0.25, 0.3) is 0 Å². The lowest BCUT2D eigenvalue weighted by Gasteiger charge is -2.15. The molecule has 0 saturated heterocycles. The second kappa shape index (κ2) is 7.35. The number of nitrogens with zero attached hydrogens (tertiary/aromatic N) is 1. The normalized spacial score (nSPS) is 12.8. The molecule has 0 aliphatic rings. The van der Waals surface area contributed by atoms with Crippen molar-refractivity contribution in [2.24, 2.45) is 5.14 Å². The third kappa shape index (κ3) is 4.08. The van der Waals surface area contributed by atoms with Crippen molar-refractivity contribution in [1.29, 1.82) is 0 Å². The fourth-order valence-electron chi connectivity index (χ4n) is 2.64. The number of hydrogen-bond acceptors (Lipinski definition) is 5. The minimum Gasteiger partial charge on any atom is -0.480 e. The molecule has 0 radical (unpaired) electrons. The number of hydrogen-bond donors (Lipinski definition) is 5. The summed E-state index contributed by atoms with van der Waals surface area (Å²) in [5.41, 5.74) is 2.73. The summed E-state index contributed by atoms with van der Waals surface area (Å²) in [5, 5.41) is 26.4. The van der Waals surface area contributed by atoms with E-state index in [1.165, 1.54) is 6.07 Å². The van der Waals surface area contributed by atoms with Gasteiger partial charge in [-0.1, -0.05) is 36.4 Å². The fourth-order valence-corrected chi connectivity index (χ4v) is 3.40. The number of nitrogens with two attached hydrogens (primary N) is 1. The van der Waals surface area contributed by atoms with Crippen LogP contribution >= 0.6 is 0 Å². The highest BCUT2D eigenvalue weighted by molar-refractivity contribution is 7.89. The van der Waals surface area contributed by atoms with Gasteiger partial charge in [0, 0.05) is 12.1 Å². The summed E-state index contributed by atoms with van der Waals surface area (Å²) < 4.78 is 23.9. The van der Waals surface area contributed by atoms with Crippen LogP contribution in [0.15, 0.2) is 47.4 Å². The van der Waals surface area contributed by atoms with Crippen molar-refractivity contribution in [3.8, 4) is 22.5 Å². The van der Waals surface area contributed by atoms with Gasteiger partial charge >= 0.3 is 5.97 Å². The number of carbonyl (C=O) groups is 1. The van der Waals surface area contributed by atoms with Gasteiger partial charge in [0.1, 0.15) is 6.04 Å². The molecule has 1 heterocycles. The van der Waals surface area contributed by atoms with Gasteiger partial charge in [-0.2, -0.15) is 0 Å². The van der Waals surface area contributed by atoms with Gasteiger partial charge in [-0.3, -0.25) is 9.89 Å². The number of nitrogens with one attached hydrogen (secondary N) is 3. The Bertz CT molecular complexity index is 1040. The molecule has 1 atom stereocenters. The van der Waals surface area contributed by atoms with E-state index in [-0.39, 0.29) is 4.90 Å². The molecule has 3 aromatic rings. The number of sulfonamides is 1. The molecule has 0 aliphatic carbocycles. The number of primary sulfonamides is 1. The van der Waals surface area contributed by atoms with E-state index in [2.05, 4.69) is 20.7 Å². The van der Waals surface area contributed by atoms with Gasteiger partial charge in [-0.25, -0.2) is 18.8 Å². The van der Waals surface area contributed by atoms with E-state index < -0.39 is 22.0 Å². The molecule has 0 saturated carbocycles. The first-order valence-electron chi connectivity index (χ1n) is 8.08. The molecule has 2 aromatic carbocycles. The predicted octanol–water partition coefficient (Wildman–Crippen LogP) is 1.28. The molecule has 1 unspecified atom stereocenters. The Morgan fingerprint density at radius 2 is 1.93 bits per heavy atom. The maximum atomic E-state index is 12.0. The minimum absolute atomic E-state index is 0.0197. The zero-order valence-electron chi connectivity index (χ0n) is 14.4. The number of rotatable bonds is 7. The SMILES string of the molecule is CC(NCc1ccc(-c2cccc(S(N)(=O)=O)c2-c2n[nH][nH]2)cc1)C(=O)O. The summed E-state index contributed by atoms with van der Waals surface area (Å²) in [5.74, 6) is -0.533. The molecule has 0 fully saturated rings. The maximum absolute atomic E-state index is 12.0.